The second-order valence-electron chi connectivity index (χ2n) is 5.76. The van der Waals surface area contributed by atoms with Crippen LogP contribution in [0.5, 0.6) is 11.5 Å². The zero-order valence-electron chi connectivity index (χ0n) is 12.3. The molecule has 0 unspecified atom stereocenters. The number of nitrogens with one attached hydrogen (secondary N) is 1. The van der Waals surface area contributed by atoms with Gasteiger partial charge in [0.15, 0.2) is 5.75 Å². The summed E-state index contributed by atoms with van der Waals surface area (Å²) >= 11 is 3.51. The molecule has 1 aliphatic rings. The number of aromatic nitrogens is 2. The molecular weight excluding hydrogens is 330 g/mol. The Morgan fingerprint density at radius 2 is 2.24 bits per heavy atom. The fourth-order valence-corrected chi connectivity index (χ4v) is 2.43. The maximum Gasteiger partial charge on any atom is 0.165 e. The van der Waals surface area contributed by atoms with Crippen LogP contribution in [0.1, 0.15) is 38.3 Å². The van der Waals surface area contributed by atoms with E-state index in [4.69, 9.17) is 4.74 Å². The van der Waals surface area contributed by atoms with Gasteiger partial charge in [-0.1, -0.05) is 22.0 Å². The molecule has 1 aliphatic carbocycles. The van der Waals surface area contributed by atoms with E-state index in [2.05, 4.69) is 46.3 Å². The summed E-state index contributed by atoms with van der Waals surface area (Å²) in [5.74, 6) is 1.65. The fourth-order valence-electron chi connectivity index (χ4n) is 2.09. The molecule has 1 aromatic heterocycles. The molecule has 0 atom stereocenters. The lowest BCUT2D eigenvalue weighted by Crippen LogP contribution is -2.15. The number of hydrogen-bond acceptors (Lipinski definition) is 3. The van der Waals surface area contributed by atoms with E-state index in [0.717, 1.165) is 22.5 Å². The average Bonchev–Trinajstić information content (AvgIpc) is 3.15. The van der Waals surface area contributed by atoms with Crippen LogP contribution in [0.4, 0.5) is 0 Å². The van der Waals surface area contributed by atoms with Gasteiger partial charge in [0.25, 0.3) is 0 Å². The van der Waals surface area contributed by atoms with E-state index in [0.29, 0.717) is 12.1 Å². The van der Waals surface area contributed by atoms with Crippen LogP contribution < -0.4 is 10.1 Å². The molecule has 4 nitrogen and oxygen atoms in total. The number of halogens is 1. The molecule has 1 fully saturated rings. The third-order valence-electron chi connectivity index (χ3n) is 3.52. The Labute approximate surface area is 133 Å². The molecule has 0 aliphatic heterocycles. The third kappa shape index (κ3) is 3.86. The first kappa shape index (κ1) is 14.6. The maximum absolute atomic E-state index is 6.02. The highest BCUT2D eigenvalue weighted by Crippen LogP contribution is 2.30. The molecule has 0 spiro atoms. The first-order valence-electron chi connectivity index (χ1n) is 7.35. The Morgan fingerprint density at radius 3 is 2.90 bits per heavy atom. The Balaban J connectivity index is 1.76. The minimum absolute atomic E-state index is 0.334. The number of hydrogen-bond donors (Lipinski definition) is 1. The molecule has 21 heavy (non-hydrogen) atoms. The lowest BCUT2D eigenvalue weighted by molar-refractivity contribution is 0.467. The Morgan fingerprint density at radius 1 is 1.43 bits per heavy atom. The van der Waals surface area contributed by atoms with E-state index >= 15 is 0 Å². The molecule has 0 amide bonds. The van der Waals surface area contributed by atoms with Crippen molar-refractivity contribution in [1.29, 1.82) is 0 Å². The van der Waals surface area contributed by atoms with Gasteiger partial charge in [-0.05, 0) is 38.8 Å². The topological polar surface area (TPSA) is 39.1 Å². The lowest BCUT2D eigenvalue weighted by Gasteiger charge is -2.11. The normalized spacial score (nSPS) is 14.7. The van der Waals surface area contributed by atoms with Crippen LogP contribution >= 0.6 is 15.9 Å². The molecule has 1 N–H and O–H groups in total. The summed E-state index contributed by atoms with van der Waals surface area (Å²) in [4.78, 5) is 0. The highest BCUT2D eigenvalue weighted by atomic mass is 79.9. The van der Waals surface area contributed by atoms with Gasteiger partial charge < -0.3 is 10.1 Å². The lowest BCUT2D eigenvalue weighted by atomic mass is 10.2. The first-order valence-corrected chi connectivity index (χ1v) is 8.15. The van der Waals surface area contributed by atoms with E-state index < -0.39 is 0 Å². The maximum atomic E-state index is 6.02. The van der Waals surface area contributed by atoms with Crippen LogP contribution in [0.2, 0.25) is 0 Å². The van der Waals surface area contributed by atoms with Crippen molar-refractivity contribution >= 4 is 15.9 Å². The van der Waals surface area contributed by atoms with Gasteiger partial charge >= 0.3 is 0 Å². The van der Waals surface area contributed by atoms with E-state index in [1.54, 1.807) is 6.20 Å². The molecule has 0 bridgehead atoms. The van der Waals surface area contributed by atoms with Crippen LogP contribution in [0.15, 0.2) is 35.1 Å². The molecule has 1 saturated carbocycles. The molecule has 1 aromatic carbocycles. The molecule has 112 valence electrons. The van der Waals surface area contributed by atoms with Crippen molar-refractivity contribution in [2.75, 3.05) is 0 Å². The largest absolute Gasteiger partial charge is 0.454 e. The standard InChI is InChI=1S/C16H20BrN3O/c1-11(2)20-10-15(9-19-20)21-16-7-13(17)4-3-12(16)8-18-14-5-6-14/h3-4,7,9-11,14,18H,5-6,8H2,1-2H3. The van der Waals surface area contributed by atoms with Gasteiger partial charge in [0.2, 0.25) is 0 Å². The van der Waals surface area contributed by atoms with Gasteiger partial charge in [-0.15, -0.1) is 0 Å². The molecule has 5 heteroatoms. The zero-order chi connectivity index (χ0) is 14.8. The molecule has 2 aromatic rings. The SMILES string of the molecule is CC(C)n1cc(Oc2cc(Br)ccc2CNC2CC2)cn1. The monoisotopic (exact) mass is 349 g/mol. The highest BCUT2D eigenvalue weighted by molar-refractivity contribution is 9.10. The summed E-state index contributed by atoms with van der Waals surface area (Å²) in [5, 5.41) is 7.84. The van der Waals surface area contributed by atoms with Crippen LogP contribution in [-0.4, -0.2) is 15.8 Å². The number of rotatable bonds is 6. The van der Waals surface area contributed by atoms with Crippen LogP contribution in [0.3, 0.4) is 0 Å². The van der Waals surface area contributed by atoms with Crippen molar-refractivity contribution in [2.24, 2.45) is 0 Å². The molecule has 0 radical (unpaired) electrons. The molecule has 0 saturated heterocycles. The summed E-state index contributed by atoms with van der Waals surface area (Å²) in [7, 11) is 0. The summed E-state index contributed by atoms with van der Waals surface area (Å²) in [6, 6.07) is 7.18. The molecule has 1 heterocycles. The zero-order valence-corrected chi connectivity index (χ0v) is 13.9. The van der Waals surface area contributed by atoms with Gasteiger partial charge in [-0.2, -0.15) is 5.10 Å². The van der Waals surface area contributed by atoms with Crippen molar-refractivity contribution in [3.05, 3.63) is 40.6 Å². The van der Waals surface area contributed by atoms with E-state index in [-0.39, 0.29) is 0 Å². The van der Waals surface area contributed by atoms with E-state index in [1.165, 1.54) is 18.4 Å². The summed E-state index contributed by atoms with van der Waals surface area (Å²) in [6.07, 6.45) is 6.27. The van der Waals surface area contributed by atoms with E-state index in [9.17, 15) is 0 Å². The average molecular weight is 350 g/mol. The van der Waals surface area contributed by atoms with Gasteiger partial charge in [0.1, 0.15) is 5.75 Å². The Bertz CT molecular complexity index is 620. The van der Waals surface area contributed by atoms with E-state index in [1.807, 2.05) is 23.0 Å². The predicted molar refractivity (Wildman–Crippen MR) is 86.7 cm³/mol. The van der Waals surface area contributed by atoms with Gasteiger partial charge in [0.05, 0.1) is 12.4 Å². The van der Waals surface area contributed by atoms with Gasteiger partial charge in [-0.3, -0.25) is 4.68 Å². The third-order valence-corrected chi connectivity index (χ3v) is 4.02. The van der Waals surface area contributed by atoms with Crippen molar-refractivity contribution in [1.82, 2.24) is 15.1 Å². The summed E-state index contributed by atoms with van der Waals surface area (Å²) in [6.45, 7) is 5.04. The van der Waals surface area contributed by atoms with Crippen molar-refractivity contribution in [3.63, 3.8) is 0 Å². The van der Waals surface area contributed by atoms with Crippen LogP contribution in [0.25, 0.3) is 0 Å². The second-order valence-corrected chi connectivity index (χ2v) is 6.67. The van der Waals surface area contributed by atoms with Gasteiger partial charge in [-0.25, -0.2) is 0 Å². The molecular formula is C16H20BrN3O. The quantitative estimate of drug-likeness (QED) is 0.846. The number of nitrogens with zero attached hydrogens (tertiary/aromatic N) is 2. The van der Waals surface area contributed by atoms with Crippen molar-refractivity contribution < 1.29 is 4.74 Å². The first-order chi connectivity index (χ1) is 10.1. The highest BCUT2D eigenvalue weighted by Gasteiger charge is 2.20. The van der Waals surface area contributed by atoms with Gasteiger partial charge in [0, 0.05) is 28.7 Å². The van der Waals surface area contributed by atoms with Crippen LogP contribution in [-0.2, 0) is 6.54 Å². The summed E-state index contributed by atoms with van der Waals surface area (Å²) < 4.78 is 8.94. The Kier molecular flexibility index (Phi) is 4.31. The van der Waals surface area contributed by atoms with Crippen molar-refractivity contribution in [3.8, 4) is 11.5 Å². The molecule has 3 rings (SSSR count). The van der Waals surface area contributed by atoms with Crippen LogP contribution in [0, 0.1) is 0 Å². The second kappa shape index (κ2) is 6.20. The fraction of sp³-hybridized carbons (Fsp3) is 0.438. The smallest absolute Gasteiger partial charge is 0.165 e. The minimum atomic E-state index is 0.334. The van der Waals surface area contributed by atoms with Crippen molar-refractivity contribution in [2.45, 2.75) is 45.3 Å². The number of ether oxygens (including phenoxy) is 1. The summed E-state index contributed by atoms with van der Waals surface area (Å²) in [5.41, 5.74) is 1.17. The Hall–Kier alpha value is -1.33. The predicted octanol–water partition coefficient (Wildman–Crippen LogP) is 4.27. The minimum Gasteiger partial charge on any atom is -0.454 e. The number of benzene rings is 1.